The lowest BCUT2D eigenvalue weighted by Gasteiger charge is -2.27. The van der Waals surface area contributed by atoms with Crippen molar-refractivity contribution in [3.8, 4) is 0 Å². The largest absolute Gasteiger partial charge is 0.373 e. The molecule has 2 fully saturated rings. The molecule has 0 saturated carbocycles. The molecule has 2 aromatic rings. The number of halogens is 2. The van der Waals surface area contributed by atoms with E-state index in [0.29, 0.717) is 0 Å². The lowest BCUT2D eigenvalue weighted by atomic mass is 9.75. The average molecular weight is 347 g/mol. The molecule has 24 heavy (non-hydrogen) atoms. The molecule has 2 aliphatic rings. The van der Waals surface area contributed by atoms with Gasteiger partial charge in [-0.1, -0.05) is 17.7 Å². The van der Waals surface area contributed by atoms with E-state index in [9.17, 15) is 9.18 Å². The quantitative estimate of drug-likeness (QED) is 0.920. The van der Waals surface area contributed by atoms with E-state index >= 15 is 0 Å². The minimum absolute atomic E-state index is 0.0114. The second kappa shape index (κ2) is 6.15. The molecule has 1 aromatic heterocycles. The minimum Gasteiger partial charge on any atom is -0.373 e. The first-order valence-corrected chi connectivity index (χ1v) is 8.33. The Bertz CT molecular complexity index is 771. The normalized spacial score (nSPS) is 28.1. The first kappa shape index (κ1) is 15.5. The summed E-state index contributed by atoms with van der Waals surface area (Å²) >= 11 is 5.79. The number of fused-ring (bicyclic) bond motifs is 2. The lowest BCUT2D eigenvalue weighted by molar-refractivity contribution is -0.121. The van der Waals surface area contributed by atoms with Gasteiger partial charge in [0.25, 0.3) is 0 Å². The number of rotatable bonds is 3. The van der Waals surface area contributed by atoms with E-state index in [1.165, 1.54) is 12.1 Å². The van der Waals surface area contributed by atoms with Crippen molar-refractivity contribution in [2.24, 2.45) is 5.92 Å². The topological polar surface area (TPSA) is 51.2 Å². The van der Waals surface area contributed by atoms with E-state index in [2.05, 4.69) is 10.3 Å². The number of benzene rings is 1. The molecule has 1 amide bonds. The van der Waals surface area contributed by atoms with Gasteiger partial charge in [0.15, 0.2) is 5.82 Å². The van der Waals surface area contributed by atoms with E-state index in [1.807, 2.05) is 12.1 Å². The van der Waals surface area contributed by atoms with Crippen LogP contribution in [-0.2, 0) is 9.53 Å². The van der Waals surface area contributed by atoms with Crippen LogP contribution in [-0.4, -0.2) is 23.1 Å². The van der Waals surface area contributed by atoms with E-state index in [4.69, 9.17) is 16.3 Å². The Kier molecular flexibility index (Phi) is 3.98. The summed E-state index contributed by atoms with van der Waals surface area (Å²) in [6, 6.07) is 8.39. The molecule has 4 unspecified atom stereocenters. The highest BCUT2D eigenvalue weighted by Gasteiger charge is 2.52. The van der Waals surface area contributed by atoms with Gasteiger partial charge in [-0.3, -0.25) is 9.78 Å². The number of carbonyl (C=O) groups excluding carboxylic acids is 1. The van der Waals surface area contributed by atoms with E-state index < -0.39 is 5.82 Å². The van der Waals surface area contributed by atoms with Gasteiger partial charge in [0.05, 0.1) is 28.8 Å². The average Bonchev–Trinajstić information content (AvgIpc) is 3.21. The van der Waals surface area contributed by atoms with Crippen molar-refractivity contribution in [2.75, 3.05) is 5.32 Å². The second-order valence-corrected chi connectivity index (χ2v) is 6.62. The Morgan fingerprint density at radius 2 is 1.96 bits per heavy atom. The fourth-order valence-corrected chi connectivity index (χ4v) is 4.01. The standard InChI is InChI=1S/C18H16ClFN2O2/c19-11-2-1-3-12(17(11)20)22-18(23)16-14-5-4-13(24-14)15(16)10-6-8-21-9-7-10/h1-3,6-9,13-16H,4-5H2,(H,22,23). The Morgan fingerprint density at radius 1 is 1.21 bits per heavy atom. The molecule has 4 atom stereocenters. The van der Waals surface area contributed by atoms with E-state index in [-0.39, 0.29) is 40.7 Å². The van der Waals surface area contributed by atoms with Crippen LogP contribution in [0.4, 0.5) is 10.1 Å². The highest BCUT2D eigenvalue weighted by molar-refractivity contribution is 6.31. The predicted octanol–water partition coefficient (Wildman–Crippen LogP) is 3.77. The summed E-state index contributed by atoms with van der Waals surface area (Å²) in [7, 11) is 0. The first-order chi connectivity index (χ1) is 11.6. The number of aromatic nitrogens is 1. The summed E-state index contributed by atoms with van der Waals surface area (Å²) in [4.78, 5) is 16.9. The van der Waals surface area contributed by atoms with Crippen LogP contribution in [0, 0.1) is 11.7 Å². The second-order valence-electron chi connectivity index (χ2n) is 6.21. The summed E-state index contributed by atoms with van der Waals surface area (Å²) in [6.07, 6.45) is 5.11. The molecule has 2 saturated heterocycles. The van der Waals surface area contributed by atoms with Gasteiger partial charge in [0.1, 0.15) is 0 Å². The molecule has 3 heterocycles. The molecule has 1 aromatic carbocycles. The van der Waals surface area contributed by atoms with Gasteiger partial charge in [-0.2, -0.15) is 0 Å². The third-order valence-electron chi connectivity index (χ3n) is 4.88. The molecular formula is C18H16ClFN2O2. The van der Waals surface area contributed by atoms with Gasteiger partial charge in [0.2, 0.25) is 5.91 Å². The van der Waals surface area contributed by atoms with Gasteiger partial charge >= 0.3 is 0 Å². The van der Waals surface area contributed by atoms with Crippen LogP contribution in [0.3, 0.4) is 0 Å². The van der Waals surface area contributed by atoms with Crippen LogP contribution in [0.1, 0.15) is 24.3 Å². The minimum atomic E-state index is -0.614. The van der Waals surface area contributed by atoms with Crippen LogP contribution >= 0.6 is 11.6 Å². The third kappa shape index (κ3) is 2.58. The Balaban J connectivity index is 1.62. The molecule has 4 rings (SSSR count). The summed E-state index contributed by atoms with van der Waals surface area (Å²) in [5, 5.41) is 2.67. The van der Waals surface area contributed by atoms with Gasteiger partial charge < -0.3 is 10.1 Å². The maximum atomic E-state index is 14.1. The Morgan fingerprint density at radius 3 is 2.75 bits per heavy atom. The smallest absolute Gasteiger partial charge is 0.230 e. The maximum Gasteiger partial charge on any atom is 0.230 e. The number of nitrogens with zero attached hydrogens (tertiary/aromatic N) is 1. The number of pyridine rings is 1. The maximum absolute atomic E-state index is 14.1. The molecule has 2 aliphatic heterocycles. The number of ether oxygens (including phenoxy) is 1. The Hall–Kier alpha value is -1.98. The van der Waals surface area contributed by atoms with E-state index in [1.54, 1.807) is 18.5 Å². The lowest BCUT2D eigenvalue weighted by Crippen LogP contribution is -2.36. The van der Waals surface area contributed by atoms with Crippen LogP contribution < -0.4 is 5.32 Å². The number of hydrogen-bond acceptors (Lipinski definition) is 3. The summed E-state index contributed by atoms with van der Waals surface area (Å²) in [5.74, 6) is -1.22. The summed E-state index contributed by atoms with van der Waals surface area (Å²) in [6.45, 7) is 0. The number of nitrogens with one attached hydrogen (secondary N) is 1. The molecule has 0 spiro atoms. The van der Waals surface area contributed by atoms with Crippen molar-refractivity contribution in [1.29, 1.82) is 0 Å². The molecule has 4 nitrogen and oxygen atoms in total. The predicted molar refractivity (Wildman–Crippen MR) is 88.4 cm³/mol. The monoisotopic (exact) mass is 346 g/mol. The van der Waals surface area contributed by atoms with Gasteiger partial charge in [-0.05, 0) is 42.7 Å². The van der Waals surface area contributed by atoms with Crippen molar-refractivity contribution in [3.05, 3.63) is 59.1 Å². The SMILES string of the molecule is O=C(Nc1cccc(Cl)c1F)C1C2CCC(O2)C1c1ccncc1. The van der Waals surface area contributed by atoms with Crippen LogP contribution in [0.2, 0.25) is 5.02 Å². The van der Waals surface area contributed by atoms with Gasteiger partial charge in [-0.15, -0.1) is 0 Å². The molecule has 1 N–H and O–H groups in total. The Labute approximate surface area is 144 Å². The molecule has 2 bridgehead atoms. The van der Waals surface area contributed by atoms with E-state index in [0.717, 1.165) is 18.4 Å². The van der Waals surface area contributed by atoms with Crippen molar-refractivity contribution in [2.45, 2.75) is 31.0 Å². The van der Waals surface area contributed by atoms with Crippen LogP contribution in [0.5, 0.6) is 0 Å². The highest BCUT2D eigenvalue weighted by atomic mass is 35.5. The number of carbonyl (C=O) groups is 1. The van der Waals surface area contributed by atoms with Crippen LogP contribution in [0.15, 0.2) is 42.7 Å². The van der Waals surface area contributed by atoms with Gasteiger partial charge in [0, 0.05) is 18.3 Å². The molecule has 0 radical (unpaired) electrons. The zero-order valence-electron chi connectivity index (χ0n) is 12.8. The summed E-state index contributed by atoms with van der Waals surface area (Å²) < 4.78 is 20.0. The van der Waals surface area contributed by atoms with Crippen molar-refractivity contribution in [1.82, 2.24) is 4.98 Å². The zero-order chi connectivity index (χ0) is 16.7. The molecule has 6 heteroatoms. The third-order valence-corrected chi connectivity index (χ3v) is 5.17. The number of amides is 1. The van der Waals surface area contributed by atoms with Gasteiger partial charge in [-0.25, -0.2) is 4.39 Å². The number of anilines is 1. The van der Waals surface area contributed by atoms with Crippen molar-refractivity contribution in [3.63, 3.8) is 0 Å². The fourth-order valence-electron chi connectivity index (χ4n) is 3.84. The number of hydrogen-bond donors (Lipinski definition) is 1. The van der Waals surface area contributed by atoms with Crippen molar-refractivity contribution < 1.29 is 13.9 Å². The highest BCUT2D eigenvalue weighted by Crippen LogP contribution is 2.49. The van der Waals surface area contributed by atoms with Crippen LogP contribution in [0.25, 0.3) is 0 Å². The first-order valence-electron chi connectivity index (χ1n) is 7.95. The molecular weight excluding hydrogens is 331 g/mol. The molecule has 0 aliphatic carbocycles. The summed E-state index contributed by atoms with van der Waals surface area (Å²) in [5.41, 5.74) is 1.13. The molecule has 124 valence electrons. The zero-order valence-corrected chi connectivity index (χ0v) is 13.5. The fraction of sp³-hybridized carbons (Fsp3) is 0.333. The van der Waals surface area contributed by atoms with Crippen molar-refractivity contribution >= 4 is 23.2 Å².